The molecule has 0 aliphatic heterocycles. The summed E-state index contributed by atoms with van der Waals surface area (Å²) in [7, 11) is -3.50. The predicted octanol–water partition coefficient (Wildman–Crippen LogP) is 4.35. The van der Waals surface area contributed by atoms with E-state index in [2.05, 4.69) is 0 Å². The number of carbonyl (C=O) groups is 1. The minimum atomic E-state index is -3.50. The number of benzene rings is 1. The number of amides is 1. The van der Waals surface area contributed by atoms with Crippen molar-refractivity contribution in [2.45, 2.75) is 38.3 Å². The third-order valence-corrected chi connectivity index (χ3v) is 7.10. The number of hydrogen-bond acceptors (Lipinski definition) is 5. The second-order valence-electron chi connectivity index (χ2n) is 6.72. The van der Waals surface area contributed by atoms with E-state index in [9.17, 15) is 13.2 Å². The Labute approximate surface area is 169 Å². The number of sulfone groups is 1. The van der Waals surface area contributed by atoms with Crippen LogP contribution >= 0.6 is 11.3 Å². The first-order valence-corrected chi connectivity index (χ1v) is 11.5. The quantitative estimate of drug-likeness (QED) is 0.546. The third-order valence-electron chi connectivity index (χ3n) is 4.39. The number of furan rings is 1. The molecule has 3 rings (SSSR count). The molecule has 0 bridgehead atoms. The van der Waals surface area contributed by atoms with E-state index in [0.717, 1.165) is 10.4 Å². The maximum absolute atomic E-state index is 12.8. The van der Waals surface area contributed by atoms with Crippen molar-refractivity contribution < 1.29 is 17.6 Å². The molecule has 5 nitrogen and oxygen atoms in total. The van der Waals surface area contributed by atoms with Gasteiger partial charge < -0.3 is 9.32 Å². The zero-order valence-corrected chi connectivity index (χ0v) is 17.6. The molecule has 0 spiro atoms. The van der Waals surface area contributed by atoms with Crippen LogP contribution < -0.4 is 0 Å². The number of rotatable bonds is 8. The van der Waals surface area contributed by atoms with Gasteiger partial charge in [0.2, 0.25) is 5.91 Å². The summed E-state index contributed by atoms with van der Waals surface area (Å²) in [6, 6.07) is 14.3. The Hall–Kier alpha value is -2.38. The van der Waals surface area contributed by atoms with Crippen molar-refractivity contribution in [3.8, 4) is 0 Å². The number of aryl methyl sites for hydroxylation is 2. The zero-order chi connectivity index (χ0) is 20.1. The van der Waals surface area contributed by atoms with Crippen molar-refractivity contribution in [2.75, 3.05) is 5.75 Å². The van der Waals surface area contributed by atoms with Crippen molar-refractivity contribution in [3.05, 3.63) is 75.9 Å². The maximum atomic E-state index is 12.8. The lowest BCUT2D eigenvalue weighted by molar-refractivity contribution is -0.132. The van der Waals surface area contributed by atoms with Crippen LogP contribution in [0.15, 0.2) is 64.1 Å². The van der Waals surface area contributed by atoms with Crippen LogP contribution in [0.4, 0.5) is 0 Å². The van der Waals surface area contributed by atoms with E-state index in [-0.39, 0.29) is 23.0 Å². The van der Waals surface area contributed by atoms with Gasteiger partial charge in [0.1, 0.15) is 5.76 Å². The van der Waals surface area contributed by atoms with E-state index >= 15 is 0 Å². The Balaban J connectivity index is 1.70. The van der Waals surface area contributed by atoms with E-state index in [1.54, 1.807) is 52.8 Å². The van der Waals surface area contributed by atoms with Gasteiger partial charge in [-0.15, -0.1) is 11.3 Å². The fraction of sp³-hybridized carbons (Fsp3) is 0.286. The van der Waals surface area contributed by atoms with Crippen LogP contribution in [0.5, 0.6) is 0 Å². The maximum Gasteiger partial charge on any atom is 0.224 e. The topological polar surface area (TPSA) is 67.6 Å². The highest BCUT2D eigenvalue weighted by Gasteiger charge is 2.21. The van der Waals surface area contributed by atoms with Gasteiger partial charge >= 0.3 is 0 Å². The lowest BCUT2D eigenvalue weighted by atomic mass is 10.2. The Kier molecular flexibility index (Phi) is 6.36. The fourth-order valence-corrected chi connectivity index (χ4v) is 4.96. The molecule has 0 unspecified atom stereocenters. The van der Waals surface area contributed by atoms with E-state index in [4.69, 9.17) is 4.42 Å². The Morgan fingerprint density at radius 2 is 1.79 bits per heavy atom. The SMILES string of the molecule is Cc1ccc(S(=O)(=O)CCC(=O)N(Cc2ccco2)Cc2ccc(C)s2)cc1. The van der Waals surface area contributed by atoms with Gasteiger partial charge in [0.25, 0.3) is 0 Å². The Morgan fingerprint density at radius 3 is 2.39 bits per heavy atom. The standard InChI is InChI=1S/C21H23NO4S2/c1-16-5-9-20(10-6-16)28(24,25)13-11-21(23)22(14-18-4-3-12-26-18)15-19-8-7-17(2)27-19/h3-10,12H,11,13-15H2,1-2H3. The first-order valence-electron chi connectivity index (χ1n) is 8.98. The second-order valence-corrected chi connectivity index (χ2v) is 10.2. The van der Waals surface area contributed by atoms with Gasteiger partial charge in [0.15, 0.2) is 9.84 Å². The number of carbonyl (C=O) groups excluding carboxylic acids is 1. The fourth-order valence-electron chi connectivity index (χ4n) is 2.82. The Bertz CT molecular complexity index is 1020. The number of hydrogen-bond donors (Lipinski definition) is 0. The van der Waals surface area contributed by atoms with Gasteiger partial charge in [-0.3, -0.25) is 4.79 Å². The summed E-state index contributed by atoms with van der Waals surface area (Å²) in [6.07, 6.45) is 1.50. The lowest BCUT2D eigenvalue weighted by Gasteiger charge is -2.21. The van der Waals surface area contributed by atoms with Crippen LogP contribution in [0.25, 0.3) is 0 Å². The molecule has 0 saturated carbocycles. The first-order chi connectivity index (χ1) is 13.3. The average Bonchev–Trinajstić information content (AvgIpc) is 3.31. The number of thiophene rings is 1. The molecular formula is C21H23NO4S2. The predicted molar refractivity (Wildman–Crippen MR) is 110 cm³/mol. The lowest BCUT2D eigenvalue weighted by Crippen LogP contribution is -2.31. The minimum Gasteiger partial charge on any atom is -0.467 e. The molecule has 2 heterocycles. The van der Waals surface area contributed by atoms with Gasteiger partial charge in [-0.05, 0) is 50.2 Å². The van der Waals surface area contributed by atoms with Gasteiger partial charge in [0.05, 0.1) is 30.0 Å². The van der Waals surface area contributed by atoms with Crippen molar-refractivity contribution in [2.24, 2.45) is 0 Å². The summed E-state index contributed by atoms with van der Waals surface area (Å²) in [5, 5.41) is 0. The third kappa shape index (κ3) is 5.33. The molecule has 148 valence electrons. The zero-order valence-electron chi connectivity index (χ0n) is 15.9. The molecule has 0 saturated heterocycles. The van der Waals surface area contributed by atoms with Crippen LogP contribution in [0.1, 0.15) is 27.5 Å². The van der Waals surface area contributed by atoms with Crippen LogP contribution in [-0.2, 0) is 27.7 Å². The summed E-state index contributed by atoms with van der Waals surface area (Å²) in [5.74, 6) is 0.244. The van der Waals surface area contributed by atoms with E-state index in [1.165, 1.54) is 4.88 Å². The molecule has 0 radical (unpaired) electrons. The summed E-state index contributed by atoms with van der Waals surface area (Å²) in [4.78, 5) is 17.0. The molecule has 0 atom stereocenters. The molecule has 7 heteroatoms. The van der Waals surface area contributed by atoms with Crippen molar-refractivity contribution >= 4 is 27.1 Å². The van der Waals surface area contributed by atoms with E-state index in [0.29, 0.717) is 18.8 Å². The van der Waals surface area contributed by atoms with E-state index in [1.807, 2.05) is 32.0 Å². The molecule has 0 aliphatic carbocycles. The van der Waals surface area contributed by atoms with Crippen LogP contribution in [0.2, 0.25) is 0 Å². The van der Waals surface area contributed by atoms with Gasteiger partial charge in [-0.1, -0.05) is 17.7 Å². The highest BCUT2D eigenvalue weighted by Crippen LogP contribution is 2.20. The summed E-state index contributed by atoms with van der Waals surface area (Å²) in [5.41, 5.74) is 0.992. The highest BCUT2D eigenvalue weighted by atomic mass is 32.2. The molecule has 0 N–H and O–H groups in total. The minimum absolute atomic E-state index is 0.0682. The second kappa shape index (κ2) is 8.75. The molecular weight excluding hydrogens is 394 g/mol. The first kappa shape index (κ1) is 20.4. The molecule has 0 aliphatic rings. The van der Waals surface area contributed by atoms with Crippen molar-refractivity contribution in [3.63, 3.8) is 0 Å². The van der Waals surface area contributed by atoms with Gasteiger partial charge in [-0.2, -0.15) is 0 Å². The van der Waals surface area contributed by atoms with Crippen LogP contribution in [0.3, 0.4) is 0 Å². The van der Waals surface area contributed by atoms with Crippen molar-refractivity contribution in [1.82, 2.24) is 4.90 Å². The largest absolute Gasteiger partial charge is 0.467 e. The highest BCUT2D eigenvalue weighted by molar-refractivity contribution is 7.91. The molecule has 1 aromatic carbocycles. The van der Waals surface area contributed by atoms with E-state index < -0.39 is 9.84 Å². The Morgan fingerprint density at radius 1 is 1.04 bits per heavy atom. The molecule has 3 aromatic rings. The van der Waals surface area contributed by atoms with Crippen molar-refractivity contribution in [1.29, 1.82) is 0 Å². The smallest absolute Gasteiger partial charge is 0.224 e. The monoisotopic (exact) mass is 417 g/mol. The number of nitrogens with zero attached hydrogens (tertiary/aromatic N) is 1. The molecule has 2 aromatic heterocycles. The summed E-state index contributed by atoms with van der Waals surface area (Å²) < 4.78 is 30.5. The molecule has 28 heavy (non-hydrogen) atoms. The summed E-state index contributed by atoms with van der Waals surface area (Å²) >= 11 is 1.63. The van der Waals surface area contributed by atoms with Gasteiger partial charge in [0, 0.05) is 16.2 Å². The summed E-state index contributed by atoms with van der Waals surface area (Å²) in [6.45, 7) is 4.66. The van der Waals surface area contributed by atoms with Crippen LogP contribution in [-0.4, -0.2) is 25.0 Å². The van der Waals surface area contributed by atoms with Gasteiger partial charge in [-0.25, -0.2) is 8.42 Å². The average molecular weight is 418 g/mol. The normalized spacial score (nSPS) is 11.5. The molecule has 0 fully saturated rings. The van der Waals surface area contributed by atoms with Crippen LogP contribution in [0, 0.1) is 13.8 Å². The molecule has 1 amide bonds.